The van der Waals surface area contributed by atoms with E-state index < -0.39 is 5.97 Å². The topological polar surface area (TPSA) is 50.2 Å². The molecule has 0 aliphatic heterocycles. The number of hydrogen-bond donors (Lipinski definition) is 1. The fraction of sp³-hybridized carbons (Fsp3) is 0. The smallest absolute Gasteiger partial charge is 0.336 e. The van der Waals surface area contributed by atoms with Crippen LogP contribution in [0.2, 0.25) is 0 Å². The van der Waals surface area contributed by atoms with Crippen LogP contribution in [0.15, 0.2) is 36.5 Å². The van der Waals surface area contributed by atoms with Crippen molar-refractivity contribution in [2.24, 2.45) is 0 Å². The number of carboxylic acid groups (broad SMARTS) is 1. The van der Waals surface area contributed by atoms with Crippen molar-refractivity contribution in [1.82, 2.24) is 4.98 Å². The molecule has 0 amide bonds. The molecule has 14 heavy (non-hydrogen) atoms. The normalized spacial score (nSPS) is 9.43. The van der Waals surface area contributed by atoms with Gasteiger partial charge in [0.1, 0.15) is 0 Å². The Morgan fingerprint density at radius 3 is 2.64 bits per heavy atom. The van der Waals surface area contributed by atoms with Crippen molar-refractivity contribution < 1.29 is 32.3 Å². The van der Waals surface area contributed by atoms with E-state index in [2.05, 4.69) is 4.98 Å². The van der Waals surface area contributed by atoms with Gasteiger partial charge in [-0.05, 0) is 12.1 Å². The Hall–Kier alpha value is -1.16. The quantitative estimate of drug-likeness (QED) is 0.812. The third-order valence-electron chi connectivity index (χ3n) is 1.88. The second-order valence-corrected chi connectivity index (χ2v) is 2.68. The maximum atomic E-state index is 10.8. The molecule has 1 heterocycles. The second kappa shape index (κ2) is 4.37. The summed E-state index contributed by atoms with van der Waals surface area (Å²) in [5.41, 5.74) is 1.01. The Balaban J connectivity index is 0.000000980. The van der Waals surface area contributed by atoms with Crippen molar-refractivity contribution in [2.45, 2.75) is 0 Å². The van der Waals surface area contributed by atoms with E-state index in [0.29, 0.717) is 16.5 Å². The molecule has 0 atom stereocenters. The van der Waals surface area contributed by atoms with E-state index in [9.17, 15) is 4.79 Å². The molecule has 75 valence electrons. The number of para-hydroxylation sites is 1. The zero-order valence-electron chi connectivity index (χ0n) is 7.07. The number of pyridine rings is 1. The van der Waals surface area contributed by atoms with Gasteiger partial charge in [0, 0.05) is 34.0 Å². The Morgan fingerprint density at radius 2 is 1.93 bits per heavy atom. The van der Waals surface area contributed by atoms with Crippen molar-refractivity contribution >= 4 is 16.9 Å². The van der Waals surface area contributed by atoms with Crippen LogP contribution in [0, 0.1) is 0 Å². The molecular formula is C10H7AgNO2. The first-order valence-corrected chi connectivity index (χ1v) is 3.86. The molecule has 1 N–H and O–H groups in total. The van der Waals surface area contributed by atoms with Gasteiger partial charge < -0.3 is 5.11 Å². The fourth-order valence-corrected chi connectivity index (χ4v) is 1.28. The largest absolute Gasteiger partial charge is 0.478 e. The van der Waals surface area contributed by atoms with Gasteiger partial charge in [0.2, 0.25) is 0 Å². The van der Waals surface area contributed by atoms with Gasteiger partial charge in [-0.2, -0.15) is 0 Å². The Morgan fingerprint density at radius 1 is 1.21 bits per heavy atom. The summed E-state index contributed by atoms with van der Waals surface area (Å²) >= 11 is 0. The molecule has 0 unspecified atom stereocenters. The maximum Gasteiger partial charge on any atom is 0.336 e. The standard InChI is InChI=1S/C10H7NO2.Ag/c12-10(13)8-5-6-11-9-4-2-1-3-7(8)9;/h1-6H,(H,12,13);. The zero-order valence-corrected chi connectivity index (χ0v) is 8.55. The van der Waals surface area contributed by atoms with Gasteiger partial charge in [0.15, 0.2) is 0 Å². The minimum absolute atomic E-state index is 0. The van der Waals surface area contributed by atoms with Crippen LogP contribution in [0.25, 0.3) is 10.9 Å². The number of aromatic nitrogens is 1. The minimum atomic E-state index is -0.918. The minimum Gasteiger partial charge on any atom is -0.478 e. The fourth-order valence-electron chi connectivity index (χ4n) is 1.28. The SMILES string of the molecule is O=C(O)c1ccnc2ccccc12.[Ag]. The molecule has 0 aliphatic carbocycles. The predicted octanol–water partition coefficient (Wildman–Crippen LogP) is 1.93. The van der Waals surface area contributed by atoms with Crippen LogP contribution >= 0.6 is 0 Å². The summed E-state index contributed by atoms with van der Waals surface area (Å²) in [4.78, 5) is 14.8. The summed E-state index contributed by atoms with van der Waals surface area (Å²) < 4.78 is 0. The summed E-state index contributed by atoms with van der Waals surface area (Å²) in [5.74, 6) is -0.918. The summed E-state index contributed by atoms with van der Waals surface area (Å²) in [5, 5.41) is 9.53. The molecule has 0 fully saturated rings. The molecule has 2 rings (SSSR count). The third-order valence-corrected chi connectivity index (χ3v) is 1.88. The predicted molar refractivity (Wildman–Crippen MR) is 48.7 cm³/mol. The van der Waals surface area contributed by atoms with Crippen LogP contribution in [0.4, 0.5) is 0 Å². The van der Waals surface area contributed by atoms with Crippen LogP contribution in [0.3, 0.4) is 0 Å². The van der Waals surface area contributed by atoms with Gasteiger partial charge in [-0.15, -0.1) is 0 Å². The average Bonchev–Trinajstić information content (AvgIpc) is 2.17. The van der Waals surface area contributed by atoms with Crippen molar-refractivity contribution in [1.29, 1.82) is 0 Å². The second-order valence-electron chi connectivity index (χ2n) is 2.68. The van der Waals surface area contributed by atoms with Crippen LogP contribution in [0.1, 0.15) is 10.4 Å². The zero-order chi connectivity index (χ0) is 9.26. The van der Waals surface area contributed by atoms with Crippen molar-refractivity contribution in [3.05, 3.63) is 42.1 Å². The summed E-state index contributed by atoms with van der Waals surface area (Å²) in [6, 6.07) is 8.69. The number of aromatic carboxylic acids is 1. The Bertz CT molecular complexity index is 465. The molecule has 0 spiro atoms. The first-order valence-electron chi connectivity index (χ1n) is 3.86. The van der Waals surface area contributed by atoms with E-state index in [1.807, 2.05) is 6.07 Å². The van der Waals surface area contributed by atoms with E-state index in [4.69, 9.17) is 5.11 Å². The van der Waals surface area contributed by atoms with E-state index in [-0.39, 0.29) is 22.4 Å². The van der Waals surface area contributed by atoms with E-state index >= 15 is 0 Å². The number of benzene rings is 1. The van der Waals surface area contributed by atoms with Gasteiger partial charge in [-0.25, -0.2) is 4.79 Å². The number of fused-ring (bicyclic) bond motifs is 1. The monoisotopic (exact) mass is 280 g/mol. The van der Waals surface area contributed by atoms with E-state index in [0.717, 1.165) is 0 Å². The molecule has 4 heteroatoms. The molecule has 1 aromatic heterocycles. The van der Waals surface area contributed by atoms with Crippen molar-refractivity contribution in [2.75, 3.05) is 0 Å². The number of hydrogen-bond acceptors (Lipinski definition) is 2. The average molecular weight is 281 g/mol. The van der Waals surface area contributed by atoms with Gasteiger partial charge in [0.25, 0.3) is 0 Å². The number of rotatable bonds is 1. The van der Waals surface area contributed by atoms with E-state index in [1.165, 1.54) is 12.3 Å². The number of carboxylic acids is 1. The molecule has 0 saturated heterocycles. The molecule has 1 radical (unpaired) electrons. The first kappa shape index (κ1) is 10.9. The van der Waals surface area contributed by atoms with Crippen LogP contribution in [0.5, 0.6) is 0 Å². The number of nitrogens with zero attached hydrogens (tertiary/aromatic N) is 1. The first-order chi connectivity index (χ1) is 6.29. The van der Waals surface area contributed by atoms with Crippen LogP contribution in [-0.4, -0.2) is 16.1 Å². The summed E-state index contributed by atoms with van der Waals surface area (Å²) in [6.45, 7) is 0. The molecular weight excluding hydrogens is 274 g/mol. The van der Waals surface area contributed by atoms with Gasteiger partial charge in [0.05, 0.1) is 11.1 Å². The van der Waals surface area contributed by atoms with Crippen molar-refractivity contribution in [3.63, 3.8) is 0 Å². The van der Waals surface area contributed by atoms with Gasteiger partial charge >= 0.3 is 5.97 Å². The number of carbonyl (C=O) groups is 1. The Labute approximate surface area is 96.3 Å². The van der Waals surface area contributed by atoms with Gasteiger partial charge in [-0.3, -0.25) is 4.98 Å². The van der Waals surface area contributed by atoms with E-state index in [1.54, 1.807) is 18.2 Å². The third kappa shape index (κ3) is 1.85. The van der Waals surface area contributed by atoms with Gasteiger partial charge in [-0.1, -0.05) is 18.2 Å². The van der Waals surface area contributed by atoms with Crippen molar-refractivity contribution in [3.8, 4) is 0 Å². The van der Waals surface area contributed by atoms with Crippen LogP contribution in [-0.2, 0) is 22.4 Å². The summed E-state index contributed by atoms with van der Waals surface area (Å²) in [6.07, 6.45) is 1.51. The molecule has 0 bridgehead atoms. The molecule has 3 nitrogen and oxygen atoms in total. The Kier molecular flexibility index (Phi) is 3.41. The molecule has 1 aromatic carbocycles. The maximum absolute atomic E-state index is 10.8. The van der Waals surface area contributed by atoms with Crippen LogP contribution < -0.4 is 0 Å². The summed E-state index contributed by atoms with van der Waals surface area (Å²) in [7, 11) is 0. The molecule has 2 aromatic rings. The molecule has 0 saturated carbocycles. The molecule has 0 aliphatic rings.